The van der Waals surface area contributed by atoms with Crippen LogP contribution in [0.1, 0.15) is 19.3 Å². The first-order chi connectivity index (χ1) is 16.7. The third-order valence-electron chi connectivity index (χ3n) is 6.25. The number of hydrogen-bond acceptors (Lipinski definition) is 5. The number of aromatic nitrogens is 2. The summed E-state index contributed by atoms with van der Waals surface area (Å²) in [4.78, 5) is 10.4. The number of H-pyrrole nitrogens is 1. The largest absolute Gasteiger partial charge is 0.391 e. The van der Waals surface area contributed by atoms with Gasteiger partial charge in [-0.1, -0.05) is 18.2 Å². The second-order valence-electron chi connectivity index (χ2n) is 8.68. The van der Waals surface area contributed by atoms with Gasteiger partial charge in [-0.3, -0.25) is 4.98 Å². The number of nitrogens with zero attached hydrogens (tertiary/aromatic N) is 3. The van der Waals surface area contributed by atoms with Crippen molar-refractivity contribution in [2.24, 2.45) is 0 Å². The molecule has 4 aromatic rings. The summed E-state index contributed by atoms with van der Waals surface area (Å²) in [5.41, 5.74) is 3.18. The molecule has 0 radical (unpaired) electrons. The monoisotopic (exact) mass is 476 g/mol. The molecule has 2 fully saturated rings. The van der Waals surface area contributed by atoms with Crippen molar-refractivity contribution in [2.45, 2.75) is 30.3 Å². The number of anilines is 1. The van der Waals surface area contributed by atoms with Crippen LogP contribution < -0.4 is 4.90 Å². The van der Waals surface area contributed by atoms with Gasteiger partial charge in [0.15, 0.2) is 5.82 Å². The molecule has 5 nitrogen and oxygen atoms in total. The first kappa shape index (κ1) is 22.9. The molecule has 2 aromatic carbocycles. The first-order valence-electron chi connectivity index (χ1n) is 11.8. The molecule has 176 valence electrons. The summed E-state index contributed by atoms with van der Waals surface area (Å²) < 4.78 is 17.7. The number of aliphatic hydroxyl groups is 1. The van der Waals surface area contributed by atoms with E-state index in [0.717, 1.165) is 47.7 Å². The molecule has 0 amide bonds. The Balaban J connectivity index is 0.000000351. The lowest BCUT2D eigenvalue weighted by Crippen LogP contribution is -2.22. The normalized spacial score (nSPS) is 18.3. The molecule has 6 rings (SSSR count). The van der Waals surface area contributed by atoms with Crippen LogP contribution in [0.15, 0.2) is 78.0 Å². The van der Waals surface area contributed by atoms with Crippen molar-refractivity contribution in [1.29, 1.82) is 0 Å². The van der Waals surface area contributed by atoms with E-state index in [2.05, 4.69) is 37.4 Å². The number of para-hydroxylation sites is 1. The Labute approximate surface area is 203 Å². The molecular formula is C27H29FN4OS. The van der Waals surface area contributed by atoms with Crippen LogP contribution in [-0.4, -0.2) is 51.7 Å². The highest BCUT2D eigenvalue weighted by molar-refractivity contribution is 7.97. The van der Waals surface area contributed by atoms with E-state index >= 15 is 4.39 Å². The van der Waals surface area contributed by atoms with Gasteiger partial charge in [-0.05, 0) is 73.7 Å². The standard InChI is InChI=1S/C22H24FN3OS.C5H5N/c23-21-17-5-1-2-6-19(17)24-22(21)18-13-16(28-26-10-3-4-11-26)7-8-20(18)25-12-9-15(27)14-25;1-2-4-6-5-3-1/h1-2,5-8,13,15,24,27H,3-4,9-12,14H2;1-5H. The van der Waals surface area contributed by atoms with Gasteiger partial charge in [-0.2, -0.15) is 0 Å². The number of aromatic amines is 1. The average molecular weight is 477 g/mol. The molecule has 2 aliphatic heterocycles. The van der Waals surface area contributed by atoms with Crippen molar-refractivity contribution in [3.63, 3.8) is 0 Å². The minimum absolute atomic E-state index is 0.208. The van der Waals surface area contributed by atoms with Crippen LogP contribution in [0.5, 0.6) is 0 Å². The maximum absolute atomic E-state index is 15.3. The van der Waals surface area contributed by atoms with Crippen molar-refractivity contribution >= 4 is 28.5 Å². The molecule has 2 N–H and O–H groups in total. The van der Waals surface area contributed by atoms with Crippen molar-refractivity contribution in [3.05, 3.63) is 78.9 Å². The van der Waals surface area contributed by atoms with Gasteiger partial charge < -0.3 is 15.0 Å². The highest BCUT2D eigenvalue weighted by atomic mass is 32.2. The van der Waals surface area contributed by atoms with Crippen LogP contribution in [0.3, 0.4) is 0 Å². The zero-order valence-corrected chi connectivity index (χ0v) is 19.8. The Morgan fingerprint density at radius 1 is 0.971 bits per heavy atom. The van der Waals surface area contributed by atoms with Crippen molar-refractivity contribution in [1.82, 2.24) is 14.3 Å². The summed E-state index contributed by atoms with van der Waals surface area (Å²) in [6.45, 7) is 3.57. The first-order valence-corrected chi connectivity index (χ1v) is 12.6. The summed E-state index contributed by atoms with van der Waals surface area (Å²) in [6, 6.07) is 19.5. The maximum Gasteiger partial charge on any atom is 0.156 e. The number of rotatable bonds is 4. The third kappa shape index (κ3) is 5.12. The minimum atomic E-state index is -0.320. The molecule has 0 spiro atoms. The van der Waals surface area contributed by atoms with Crippen LogP contribution in [0.25, 0.3) is 22.2 Å². The molecule has 2 aromatic heterocycles. The average Bonchev–Trinajstić information content (AvgIpc) is 3.62. The number of β-amino-alcohol motifs (C(OH)–C–C–N with tert-alkyl or cyclic N) is 1. The summed E-state index contributed by atoms with van der Waals surface area (Å²) >= 11 is 1.75. The van der Waals surface area contributed by atoms with E-state index in [1.165, 1.54) is 12.8 Å². The second kappa shape index (κ2) is 10.6. The molecular weight excluding hydrogens is 447 g/mol. The Morgan fingerprint density at radius 2 is 1.76 bits per heavy atom. The molecule has 2 saturated heterocycles. The van der Waals surface area contributed by atoms with Crippen LogP contribution in [0, 0.1) is 5.82 Å². The number of halogens is 1. The lowest BCUT2D eigenvalue weighted by atomic mass is 10.1. The van der Waals surface area contributed by atoms with E-state index < -0.39 is 0 Å². The highest BCUT2D eigenvalue weighted by Crippen LogP contribution is 2.39. The van der Waals surface area contributed by atoms with Crippen LogP contribution in [-0.2, 0) is 0 Å². The molecule has 34 heavy (non-hydrogen) atoms. The molecule has 7 heteroatoms. The van der Waals surface area contributed by atoms with Gasteiger partial charge in [0, 0.05) is 65.6 Å². The third-order valence-corrected chi connectivity index (χ3v) is 7.34. The predicted molar refractivity (Wildman–Crippen MR) is 137 cm³/mol. The Bertz CT molecular complexity index is 1200. The lowest BCUT2D eigenvalue weighted by molar-refractivity contribution is 0.198. The summed E-state index contributed by atoms with van der Waals surface area (Å²) in [7, 11) is 0. The number of fused-ring (bicyclic) bond motifs is 1. The van der Waals surface area contributed by atoms with E-state index in [9.17, 15) is 5.11 Å². The van der Waals surface area contributed by atoms with Gasteiger partial charge >= 0.3 is 0 Å². The minimum Gasteiger partial charge on any atom is -0.391 e. The number of benzene rings is 2. The van der Waals surface area contributed by atoms with Crippen LogP contribution in [0.2, 0.25) is 0 Å². The van der Waals surface area contributed by atoms with Gasteiger partial charge in [0.25, 0.3) is 0 Å². The maximum atomic E-state index is 15.3. The van der Waals surface area contributed by atoms with E-state index in [1.54, 1.807) is 24.3 Å². The Morgan fingerprint density at radius 3 is 2.41 bits per heavy atom. The molecule has 0 bridgehead atoms. The SMILES string of the molecule is OC1CCN(c2ccc(SN3CCCC3)cc2-c2[nH]c3ccccc3c2F)C1.c1ccncc1. The van der Waals surface area contributed by atoms with Gasteiger partial charge in [-0.25, -0.2) is 8.70 Å². The summed E-state index contributed by atoms with van der Waals surface area (Å²) in [5.74, 6) is -0.208. The van der Waals surface area contributed by atoms with E-state index in [-0.39, 0.29) is 11.9 Å². The van der Waals surface area contributed by atoms with Gasteiger partial charge in [0.1, 0.15) is 0 Å². The fraction of sp³-hybridized carbons (Fsp3) is 0.296. The summed E-state index contributed by atoms with van der Waals surface area (Å²) in [6.07, 6.45) is 6.40. The Hall–Kier alpha value is -2.87. The fourth-order valence-corrected chi connectivity index (χ4v) is 5.58. The zero-order chi connectivity index (χ0) is 23.3. The molecule has 0 aliphatic carbocycles. The number of nitrogens with one attached hydrogen (secondary N) is 1. The lowest BCUT2D eigenvalue weighted by Gasteiger charge is -2.23. The van der Waals surface area contributed by atoms with Crippen molar-refractivity contribution in [2.75, 3.05) is 31.1 Å². The van der Waals surface area contributed by atoms with E-state index in [4.69, 9.17) is 0 Å². The van der Waals surface area contributed by atoms with E-state index in [0.29, 0.717) is 17.6 Å². The summed E-state index contributed by atoms with van der Waals surface area (Å²) in [5, 5.41) is 10.6. The topological polar surface area (TPSA) is 55.4 Å². The van der Waals surface area contributed by atoms with Gasteiger partial charge in [0.05, 0.1) is 11.8 Å². The van der Waals surface area contributed by atoms with Crippen LogP contribution >= 0.6 is 11.9 Å². The fourth-order valence-electron chi connectivity index (χ4n) is 4.54. The number of hydrogen-bond donors (Lipinski definition) is 2. The smallest absolute Gasteiger partial charge is 0.156 e. The Kier molecular flexibility index (Phi) is 7.13. The van der Waals surface area contributed by atoms with Gasteiger partial charge in [-0.15, -0.1) is 0 Å². The quantitative estimate of drug-likeness (QED) is 0.369. The van der Waals surface area contributed by atoms with Crippen LogP contribution in [0.4, 0.5) is 10.1 Å². The zero-order valence-electron chi connectivity index (χ0n) is 19.0. The number of aliphatic hydroxyl groups excluding tert-OH is 1. The molecule has 0 saturated carbocycles. The predicted octanol–water partition coefficient (Wildman–Crippen LogP) is 5.73. The molecule has 1 atom stereocenters. The van der Waals surface area contributed by atoms with Crippen molar-refractivity contribution in [3.8, 4) is 11.3 Å². The molecule has 1 unspecified atom stereocenters. The number of pyridine rings is 1. The highest BCUT2D eigenvalue weighted by Gasteiger charge is 2.25. The molecule has 4 heterocycles. The molecule has 2 aliphatic rings. The van der Waals surface area contributed by atoms with E-state index in [1.807, 2.05) is 42.5 Å². The second-order valence-corrected chi connectivity index (χ2v) is 9.85. The van der Waals surface area contributed by atoms with Crippen molar-refractivity contribution < 1.29 is 9.50 Å². The van der Waals surface area contributed by atoms with Gasteiger partial charge in [0.2, 0.25) is 0 Å².